The summed E-state index contributed by atoms with van der Waals surface area (Å²) in [6.45, 7) is 2.64. The molecule has 2 unspecified atom stereocenters. The number of hydrogen-bond donors (Lipinski definition) is 2. The summed E-state index contributed by atoms with van der Waals surface area (Å²) >= 11 is 0. The standard InChI is InChI=1S/C8H13N3O2/c1-5-10-8(11-13-5)7-6(12)3-2-4-9-7/h6-7,9,12H,2-4H2,1H3. The van der Waals surface area contributed by atoms with Crippen LogP contribution in [0.25, 0.3) is 0 Å². The largest absolute Gasteiger partial charge is 0.391 e. The monoisotopic (exact) mass is 183 g/mol. The lowest BCUT2D eigenvalue weighted by atomic mass is 10.0. The molecular formula is C8H13N3O2. The second-order valence-electron chi connectivity index (χ2n) is 3.31. The molecule has 0 aliphatic carbocycles. The van der Waals surface area contributed by atoms with Crippen molar-refractivity contribution >= 4 is 0 Å². The number of aliphatic hydroxyl groups excluding tert-OH is 1. The number of aromatic nitrogens is 2. The predicted octanol–water partition coefficient (Wildman–Crippen LogP) is 0.163. The van der Waals surface area contributed by atoms with E-state index in [9.17, 15) is 5.11 Å². The molecule has 72 valence electrons. The second kappa shape index (κ2) is 3.43. The van der Waals surface area contributed by atoms with Gasteiger partial charge in [-0.15, -0.1) is 0 Å². The van der Waals surface area contributed by atoms with Gasteiger partial charge in [-0.25, -0.2) is 0 Å². The number of aryl methyl sites for hydroxylation is 1. The lowest BCUT2D eigenvalue weighted by Gasteiger charge is -2.26. The van der Waals surface area contributed by atoms with Gasteiger partial charge in [-0.2, -0.15) is 4.98 Å². The van der Waals surface area contributed by atoms with Crippen LogP contribution in [0.1, 0.15) is 30.6 Å². The zero-order valence-corrected chi connectivity index (χ0v) is 7.53. The Labute approximate surface area is 76.1 Å². The molecule has 0 aromatic carbocycles. The van der Waals surface area contributed by atoms with Gasteiger partial charge in [0.05, 0.1) is 12.1 Å². The second-order valence-corrected chi connectivity index (χ2v) is 3.31. The first-order chi connectivity index (χ1) is 6.27. The van der Waals surface area contributed by atoms with E-state index in [0.717, 1.165) is 19.4 Å². The molecule has 13 heavy (non-hydrogen) atoms. The average Bonchev–Trinajstić information content (AvgIpc) is 2.53. The van der Waals surface area contributed by atoms with Gasteiger partial charge in [0.1, 0.15) is 0 Å². The van der Waals surface area contributed by atoms with Crippen LogP contribution in [0.15, 0.2) is 4.52 Å². The van der Waals surface area contributed by atoms with E-state index < -0.39 is 6.10 Å². The predicted molar refractivity (Wildman–Crippen MR) is 45.0 cm³/mol. The Kier molecular flexibility index (Phi) is 2.28. The van der Waals surface area contributed by atoms with Gasteiger partial charge in [0.15, 0.2) is 5.82 Å². The van der Waals surface area contributed by atoms with Gasteiger partial charge in [-0.3, -0.25) is 0 Å². The first-order valence-corrected chi connectivity index (χ1v) is 4.49. The fraction of sp³-hybridized carbons (Fsp3) is 0.750. The van der Waals surface area contributed by atoms with Gasteiger partial charge >= 0.3 is 0 Å². The van der Waals surface area contributed by atoms with Crippen LogP contribution in [-0.4, -0.2) is 27.9 Å². The number of hydrogen-bond acceptors (Lipinski definition) is 5. The van der Waals surface area contributed by atoms with Crippen molar-refractivity contribution in [1.29, 1.82) is 0 Å². The molecule has 2 atom stereocenters. The van der Waals surface area contributed by atoms with E-state index in [1.807, 2.05) is 0 Å². The highest BCUT2D eigenvalue weighted by atomic mass is 16.5. The van der Waals surface area contributed by atoms with Crippen molar-refractivity contribution in [2.45, 2.75) is 31.9 Å². The quantitative estimate of drug-likeness (QED) is 0.649. The molecule has 1 fully saturated rings. The van der Waals surface area contributed by atoms with Gasteiger partial charge in [0.2, 0.25) is 5.89 Å². The first-order valence-electron chi connectivity index (χ1n) is 4.49. The van der Waals surface area contributed by atoms with Crippen molar-refractivity contribution in [2.24, 2.45) is 0 Å². The first kappa shape index (κ1) is 8.65. The average molecular weight is 183 g/mol. The number of piperidine rings is 1. The van der Waals surface area contributed by atoms with E-state index in [2.05, 4.69) is 15.5 Å². The normalized spacial score (nSPS) is 29.1. The molecule has 2 heterocycles. The Hall–Kier alpha value is -0.940. The van der Waals surface area contributed by atoms with Crippen molar-refractivity contribution in [3.05, 3.63) is 11.7 Å². The molecule has 0 bridgehead atoms. The maximum Gasteiger partial charge on any atom is 0.223 e. The van der Waals surface area contributed by atoms with Gasteiger partial charge in [0.25, 0.3) is 0 Å². The van der Waals surface area contributed by atoms with Crippen molar-refractivity contribution in [3.8, 4) is 0 Å². The van der Waals surface area contributed by atoms with Crippen LogP contribution in [0, 0.1) is 6.92 Å². The van der Waals surface area contributed by atoms with Crippen molar-refractivity contribution in [2.75, 3.05) is 6.54 Å². The topological polar surface area (TPSA) is 71.2 Å². The number of rotatable bonds is 1. The molecule has 1 aromatic rings. The molecule has 1 saturated heterocycles. The highest BCUT2D eigenvalue weighted by molar-refractivity contribution is 4.98. The van der Waals surface area contributed by atoms with Crippen LogP contribution in [0.4, 0.5) is 0 Å². The summed E-state index contributed by atoms with van der Waals surface area (Å²) in [5, 5.41) is 16.6. The fourth-order valence-corrected chi connectivity index (χ4v) is 1.58. The van der Waals surface area contributed by atoms with E-state index in [1.54, 1.807) is 6.92 Å². The Bertz CT molecular complexity index is 287. The molecular weight excluding hydrogens is 170 g/mol. The minimum atomic E-state index is -0.397. The summed E-state index contributed by atoms with van der Waals surface area (Å²) < 4.78 is 4.85. The summed E-state index contributed by atoms with van der Waals surface area (Å²) in [6.07, 6.45) is 1.39. The summed E-state index contributed by atoms with van der Waals surface area (Å²) in [5.74, 6) is 1.10. The summed E-state index contributed by atoms with van der Waals surface area (Å²) in [6, 6.07) is -0.161. The van der Waals surface area contributed by atoms with E-state index in [-0.39, 0.29) is 6.04 Å². The molecule has 0 radical (unpaired) electrons. The minimum Gasteiger partial charge on any atom is -0.391 e. The molecule has 2 N–H and O–H groups in total. The van der Waals surface area contributed by atoms with Crippen LogP contribution in [0.2, 0.25) is 0 Å². The third kappa shape index (κ3) is 1.71. The van der Waals surface area contributed by atoms with Gasteiger partial charge in [0, 0.05) is 6.92 Å². The molecule has 0 spiro atoms. The lowest BCUT2D eigenvalue weighted by Crippen LogP contribution is -2.38. The van der Waals surface area contributed by atoms with Gasteiger partial charge < -0.3 is 14.9 Å². The Morgan fingerprint density at radius 1 is 1.62 bits per heavy atom. The maximum absolute atomic E-state index is 9.65. The SMILES string of the molecule is Cc1nc(C2NCCCC2O)no1. The molecule has 0 amide bonds. The summed E-state index contributed by atoms with van der Waals surface area (Å²) in [4.78, 5) is 4.08. The van der Waals surface area contributed by atoms with Gasteiger partial charge in [-0.05, 0) is 19.4 Å². The van der Waals surface area contributed by atoms with Crippen LogP contribution >= 0.6 is 0 Å². The summed E-state index contributed by atoms with van der Waals surface area (Å²) in [5.41, 5.74) is 0. The Balaban J connectivity index is 2.14. The molecule has 1 aromatic heterocycles. The van der Waals surface area contributed by atoms with Crippen LogP contribution in [0.5, 0.6) is 0 Å². The minimum absolute atomic E-state index is 0.161. The smallest absolute Gasteiger partial charge is 0.223 e. The van der Waals surface area contributed by atoms with Crippen molar-refractivity contribution in [1.82, 2.24) is 15.5 Å². The number of nitrogens with zero attached hydrogens (tertiary/aromatic N) is 2. The Morgan fingerprint density at radius 2 is 2.46 bits per heavy atom. The zero-order chi connectivity index (χ0) is 9.26. The van der Waals surface area contributed by atoms with E-state index in [0.29, 0.717) is 11.7 Å². The molecule has 1 aliphatic rings. The molecule has 5 heteroatoms. The zero-order valence-electron chi connectivity index (χ0n) is 7.53. The van der Waals surface area contributed by atoms with Crippen LogP contribution in [-0.2, 0) is 0 Å². The van der Waals surface area contributed by atoms with E-state index >= 15 is 0 Å². The summed E-state index contributed by atoms with van der Waals surface area (Å²) in [7, 11) is 0. The fourth-order valence-electron chi connectivity index (χ4n) is 1.58. The lowest BCUT2D eigenvalue weighted by molar-refractivity contribution is 0.0915. The molecule has 0 saturated carbocycles. The van der Waals surface area contributed by atoms with Crippen LogP contribution < -0.4 is 5.32 Å². The third-order valence-corrected chi connectivity index (χ3v) is 2.25. The van der Waals surface area contributed by atoms with E-state index in [4.69, 9.17) is 4.52 Å². The molecule has 2 rings (SSSR count). The maximum atomic E-state index is 9.65. The molecule has 5 nitrogen and oxygen atoms in total. The van der Waals surface area contributed by atoms with Gasteiger partial charge in [-0.1, -0.05) is 5.16 Å². The number of nitrogens with one attached hydrogen (secondary N) is 1. The van der Waals surface area contributed by atoms with Crippen molar-refractivity contribution in [3.63, 3.8) is 0 Å². The van der Waals surface area contributed by atoms with E-state index in [1.165, 1.54) is 0 Å². The number of aliphatic hydroxyl groups is 1. The molecule has 1 aliphatic heterocycles. The highest BCUT2D eigenvalue weighted by Gasteiger charge is 2.27. The Morgan fingerprint density at radius 3 is 3.08 bits per heavy atom. The highest BCUT2D eigenvalue weighted by Crippen LogP contribution is 2.20. The van der Waals surface area contributed by atoms with Crippen LogP contribution in [0.3, 0.4) is 0 Å². The third-order valence-electron chi connectivity index (χ3n) is 2.25. The van der Waals surface area contributed by atoms with Crippen molar-refractivity contribution < 1.29 is 9.63 Å².